The Kier molecular flexibility index (Phi) is 6.61. The van der Waals surface area contributed by atoms with Crippen LogP contribution in [0.1, 0.15) is 5.56 Å². The highest BCUT2D eigenvalue weighted by atomic mass is 35.5. The first-order chi connectivity index (χ1) is 11.5. The van der Waals surface area contributed by atoms with Crippen molar-refractivity contribution < 1.29 is 9.53 Å². The van der Waals surface area contributed by atoms with E-state index in [0.717, 1.165) is 5.56 Å². The monoisotopic (exact) mass is 380 g/mol. The fourth-order valence-corrected chi connectivity index (χ4v) is 2.41. The Bertz CT molecular complexity index is 777. The van der Waals surface area contributed by atoms with E-state index in [4.69, 9.17) is 40.2 Å². The molecule has 0 aliphatic carbocycles. The predicted octanol–water partition coefficient (Wildman–Crippen LogP) is 4.53. The second-order valence-corrected chi connectivity index (χ2v) is 5.93. The molecule has 0 fully saturated rings. The van der Waals surface area contributed by atoms with E-state index >= 15 is 0 Å². The normalized spacial score (nSPS) is 10.5. The van der Waals surface area contributed by atoms with Gasteiger partial charge in [0.05, 0.1) is 12.1 Å². The molecule has 124 valence electrons. The van der Waals surface area contributed by atoms with Crippen LogP contribution < -0.4 is 15.4 Å². The second-order valence-electron chi connectivity index (χ2n) is 4.68. The van der Waals surface area contributed by atoms with Crippen molar-refractivity contribution in [1.82, 2.24) is 5.32 Å². The van der Waals surface area contributed by atoms with E-state index in [9.17, 15) is 4.79 Å². The Balaban J connectivity index is 1.90. The maximum atomic E-state index is 11.9. The molecule has 2 N–H and O–H groups in total. The van der Waals surface area contributed by atoms with Crippen LogP contribution in [0.4, 0.5) is 5.69 Å². The van der Waals surface area contributed by atoms with Gasteiger partial charge < -0.3 is 10.1 Å². The van der Waals surface area contributed by atoms with Gasteiger partial charge in [0.15, 0.2) is 5.11 Å². The number of carbonyl (C=O) groups is 1. The number of nitrogens with one attached hydrogen (secondary N) is 2. The summed E-state index contributed by atoms with van der Waals surface area (Å²) in [4.78, 5) is 11.9. The molecule has 0 atom stereocenters. The van der Waals surface area contributed by atoms with Crippen molar-refractivity contribution in [2.24, 2.45) is 0 Å². The third kappa shape index (κ3) is 5.53. The van der Waals surface area contributed by atoms with Gasteiger partial charge in [-0.2, -0.15) is 0 Å². The zero-order valence-electron chi connectivity index (χ0n) is 12.7. The summed E-state index contributed by atoms with van der Waals surface area (Å²) in [5.41, 5.74) is 1.50. The average molecular weight is 381 g/mol. The zero-order valence-corrected chi connectivity index (χ0v) is 15.0. The first kappa shape index (κ1) is 18.3. The van der Waals surface area contributed by atoms with E-state index in [-0.39, 0.29) is 11.0 Å². The first-order valence-corrected chi connectivity index (χ1v) is 8.03. The molecule has 0 bridgehead atoms. The molecule has 2 aromatic carbocycles. The van der Waals surface area contributed by atoms with Crippen molar-refractivity contribution in [3.63, 3.8) is 0 Å². The number of amides is 1. The molecule has 24 heavy (non-hydrogen) atoms. The molecule has 1 amide bonds. The number of methoxy groups -OCH3 is 1. The molecule has 0 spiro atoms. The lowest BCUT2D eigenvalue weighted by molar-refractivity contribution is -0.115. The lowest BCUT2D eigenvalue weighted by Crippen LogP contribution is -2.32. The third-order valence-corrected chi connectivity index (χ3v) is 3.70. The highest BCUT2D eigenvalue weighted by Gasteiger charge is 2.05. The molecule has 0 heterocycles. The Morgan fingerprint density at radius 2 is 1.88 bits per heavy atom. The minimum absolute atomic E-state index is 0.169. The summed E-state index contributed by atoms with van der Waals surface area (Å²) in [5, 5.41) is 6.68. The van der Waals surface area contributed by atoms with Gasteiger partial charge >= 0.3 is 0 Å². The van der Waals surface area contributed by atoms with Gasteiger partial charge in [-0.1, -0.05) is 35.3 Å². The van der Waals surface area contributed by atoms with Gasteiger partial charge in [-0.05, 0) is 54.2 Å². The van der Waals surface area contributed by atoms with Crippen molar-refractivity contribution in [2.45, 2.75) is 0 Å². The van der Waals surface area contributed by atoms with Crippen molar-refractivity contribution in [3.05, 3.63) is 64.1 Å². The summed E-state index contributed by atoms with van der Waals surface area (Å²) < 4.78 is 5.07. The van der Waals surface area contributed by atoms with Crippen LogP contribution in [-0.4, -0.2) is 18.1 Å². The van der Waals surface area contributed by atoms with E-state index in [1.807, 2.05) is 12.1 Å². The van der Waals surface area contributed by atoms with Crippen LogP contribution in [0.5, 0.6) is 5.75 Å². The summed E-state index contributed by atoms with van der Waals surface area (Å²) >= 11 is 16.9. The number of hydrogen-bond acceptors (Lipinski definition) is 3. The second kappa shape index (κ2) is 8.68. The number of thiocarbonyl (C=S) groups is 1. The lowest BCUT2D eigenvalue weighted by Gasteiger charge is -2.10. The predicted molar refractivity (Wildman–Crippen MR) is 103 cm³/mol. The molecular weight excluding hydrogens is 367 g/mol. The van der Waals surface area contributed by atoms with E-state index in [0.29, 0.717) is 21.5 Å². The van der Waals surface area contributed by atoms with E-state index in [1.54, 1.807) is 36.4 Å². The molecule has 0 aliphatic heterocycles. The maximum Gasteiger partial charge on any atom is 0.250 e. The van der Waals surface area contributed by atoms with Crippen molar-refractivity contribution >= 4 is 58.2 Å². The fourth-order valence-electron chi connectivity index (χ4n) is 1.81. The fraction of sp³-hybridized carbons (Fsp3) is 0.0588. The number of rotatable bonds is 4. The van der Waals surface area contributed by atoms with Crippen molar-refractivity contribution in [2.75, 3.05) is 12.4 Å². The Morgan fingerprint density at radius 3 is 2.50 bits per heavy atom. The maximum absolute atomic E-state index is 11.9. The van der Waals surface area contributed by atoms with Crippen LogP contribution in [0.3, 0.4) is 0 Å². The molecule has 0 saturated heterocycles. The number of hydrogen-bond donors (Lipinski definition) is 2. The summed E-state index contributed by atoms with van der Waals surface area (Å²) in [5.74, 6) is 0.213. The molecule has 0 aromatic heterocycles. The Labute approximate surface area is 155 Å². The first-order valence-electron chi connectivity index (χ1n) is 6.87. The molecule has 2 aromatic rings. The molecule has 2 rings (SSSR count). The van der Waals surface area contributed by atoms with E-state index in [2.05, 4.69) is 10.6 Å². The van der Waals surface area contributed by atoms with Gasteiger partial charge in [0.2, 0.25) is 5.91 Å². The highest BCUT2D eigenvalue weighted by molar-refractivity contribution is 7.80. The molecule has 0 saturated carbocycles. The van der Waals surface area contributed by atoms with E-state index in [1.165, 1.54) is 13.2 Å². The SMILES string of the molecule is COc1ccc(NC(=S)NC(=O)/C=C/c2ccc(Cl)cc2)cc1Cl. The zero-order chi connectivity index (χ0) is 17.5. The summed E-state index contributed by atoms with van der Waals surface area (Å²) in [6, 6.07) is 12.2. The Morgan fingerprint density at radius 1 is 1.17 bits per heavy atom. The topological polar surface area (TPSA) is 50.4 Å². The summed E-state index contributed by atoms with van der Waals surface area (Å²) in [7, 11) is 1.53. The number of benzene rings is 2. The van der Waals surface area contributed by atoms with Crippen LogP contribution in [0, 0.1) is 0 Å². The quantitative estimate of drug-likeness (QED) is 0.604. The number of anilines is 1. The summed E-state index contributed by atoms with van der Waals surface area (Å²) in [6.07, 6.45) is 3.05. The Hall–Kier alpha value is -2.08. The molecule has 0 aliphatic rings. The standard InChI is InChI=1S/C17H14Cl2N2O2S/c1-23-15-8-7-13(10-14(15)19)20-17(24)21-16(22)9-4-11-2-5-12(18)6-3-11/h2-10H,1H3,(H2,20,21,22,24)/b9-4+. The van der Waals surface area contributed by atoms with Gasteiger partial charge in [0.1, 0.15) is 5.75 Å². The summed E-state index contributed by atoms with van der Waals surface area (Å²) in [6.45, 7) is 0. The number of carbonyl (C=O) groups excluding carboxylic acids is 1. The van der Waals surface area contributed by atoms with Gasteiger partial charge in [-0.3, -0.25) is 10.1 Å². The van der Waals surface area contributed by atoms with Crippen molar-refractivity contribution in [1.29, 1.82) is 0 Å². The van der Waals surface area contributed by atoms with Gasteiger partial charge in [-0.25, -0.2) is 0 Å². The molecule has 0 unspecified atom stereocenters. The van der Waals surface area contributed by atoms with Crippen LogP contribution in [-0.2, 0) is 4.79 Å². The van der Waals surface area contributed by atoms with Crippen LogP contribution in [0.15, 0.2) is 48.5 Å². The largest absolute Gasteiger partial charge is 0.495 e. The van der Waals surface area contributed by atoms with E-state index < -0.39 is 0 Å². The van der Waals surface area contributed by atoms with Gasteiger partial charge in [0, 0.05) is 16.8 Å². The third-order valence-electron chi connectivity index (χ3n) is 2.94. The minimum Gasteiger partial charge on any atom is -0.495 e. The molecular formula is C17H14Cl2N2O2S. The minimum atomic E-state index is -0.345. The van der Waals surface area contributed by atoms with Gasteiger partial charge in [0.25, 0.3) is 0 Å². The molecule has 4 nitrogen and oxygen atoms in total. The van der Waals surface area contributed by atoms with Crippen molar-refractivity contribution in [3.8, 4) is 5.75 Å². The molecule has 0 radical (unpaired) electrons. The highest BCUT2D eigenvalue weighted by Crippen LogP contribution is 2.27. The average Bonchev–Trinajstić information content (AvgIpc) is 2.54. The van der Waals surface area contributed by atoms with Gasteiger partial charge in [-0.15, -0.1) is 0 Å². The number of ether oxygens (including phenoxy) is 1. The lowest BCUT2D eigenvalue weighted by atomic mass is 10.2. The van der Waals surface area contributed by atoms with Crippen LogP contribution in [0.2, 0.25) is 10.0 Å². The number of halogens is 2. The van der Waals surface area contributed by atoms with Crippen LogP contribution >= 0.6 is 35.4 Å². The van der Waals surface area contributed by atoms with Crippen LogP contribution in [0.25, 0.3) is 6.08 Å². The smallest absolute Gasteiger partial charge is 0.250 e. The molecule has 7 heteroatoms.